The van der Waals surface area contributed by atoms with E-state index in [1.165, 1.54) is 4.90 Å². The van der Waals surface area contributed by atoms with Gasteiger partial charge in [0.2, 0.25) is 11.8 Å². The first kappa shape index (κ1) is 24.2. The van der Waals surface area contributed by atoms with Gasteiger partial charge in [-0.1, -0.05) is 36.4 Å². The first-order chi connectivity index (χ1) is 13.5. The van der Waals surface area contributed by atoms with E-state index in [0.717, 1.165) is 0 Å². The van der Waals surface area contributed by atoms with E-state index >= 15 is 0 Å². The largest absolute Gasteiger partial charge is 0.444 e. The van der Waals surface area contributed by atoms with Crippen LogP contribution in [0.3, 0.4) is 0 Å². The molecule has 29 heavy (non-hydrogen) atoms. The lowest BCUT2D eigenvalue weighted by molar-refractivity contribution is -0.141. The molecule has 0 aliphatic rings. The fraction of sp³-hybridized carbons (Fsp3) is 0.500. The first-order valence-corrected chi connectivity index (χ1v) is 9.72. The van der Waals surface area contributed by atoms with E-state index < -0.39 is 29.7 Å². The second kappa shape index (κ2) is 10.6. The minimum atomic E-state index is -0.886. The van der Waals surface area contributed by atoms with Crippen LogP contribution in [0.25, 0.3) is 0 Å². The minimum absolute atomic E-state index is 0.0910. The zero-order chi connectivity index (χ0) is 22.2. The SMILES string of the molecule is C=CCN(C(=O)C(C)NC(=O)OC(C)(C)C)C(C(=O)NC(C)C)c1ccccc1. The van der Waals surface area contributed by atoms with Crippen molar-refractivity contribution >= 4 is 17.9 Å². The number of rotatable bonds is 8. The third-order valence-corrected chi connectivity index (χ3v) is 3.82. The van der Waals surface area contributed by atoms with Gasteiger partial charge in [-0.05, 0) is 47.1 Å². The monoisotopic (exact) mass is 403 g/mol. The highest BCUT2D eigenvalue weighted by Gasteiger charge is 2.34. The molecule has 3 amide bonds. The average Bonchev–Trinajstić information content (AvgIpc) is 2.59. The first-order valence-electron chi connectivity index (χ1n) is 9.72. The number of alkyl carbamates (subject to hydrolysis) is 1. The van der Waals surface area contributed by atoms with Gasteiger partial charge in [-0.2, -0.15) is 0 Å². The maximum absolute atomic E-state index is 13.2. The average molecular weight is 404 g/mol. The number of benzene rings is 1. The normalized spacial score (nSPS) is 13.2. The summed E-state index contributed by atoms with van der Waals surface area (Å²) in [5.41, 5.74) is -0.0116. The van der Waals surface area contributed by atoms with Crippen LogP contribution in [0, 0.1) is 0 Å². The maximum Gasteiger partial charge on any atom is 0.408 e. The lowest BCUT2D eigenvalue weighted by Crippen LogP contribution is -2.52. The molecule has 160 valence electrons. The van der Waals surface area contributed by atoms with Gasteiger partial charge in [0.25, 0.3) is 0 Å². The van der Waals surface area contributed by atoms with Crippen LogP contribution >= 0.6 is 0 Å². The molecule has 0 heterocycles. The van der Waals surface area contributed by atoms with Gasteiger partial charge in [0.1, 0.15) is 17.7 Å². The molecule has 0 saturated carbocycles. The van der Waals surface area contributed by atoms with E-state index in [-0.39, 0.29) is 18.5 Å². The molecule has 1 aromatic carbocycles. The zero-order valence-corrected chi connectivity index (χ0v) is 18.2. The summed E-state index contributed by atoms with van der Waals surface area (Å²) in [5, 5.41) is 5.41. The van der Waals surface area contributed by atoms with Gasteiger partial charge < -0.3 is 20.3 Å². The van der Waals surface area contributed by atoms with Crippen molar-refractivity contribution in [2.75, 3.05) is 6.54 Å². The Morgan fingerprint density at radius 2 is 1.69 bits per heavy atom. The lowest BCUT2D eigenvalue weighted by Gasteiger charge is -2.33. The molecule has 1 aromatic rings. The molecular weight excluding hydrogens is 370 g/mol. The van der Waals surface area contributed by atoms with Crippen molar-refractivity contribution in [1.29, 1.82) is 0 Å². The van der Waals surface area contributed by atoms with Gasteiger partial charge in [-0.25, -0.2) is 4.79 Å². The molecule has 0 radical (unpaired) electrons. The number of nitrogens with one attached hydrogen (secondary N) is 2. The highest BCUT2D eigenvalue weighted by molar-refractivity contribution is 5.92. The second-order valence-corrected chi connectivity index (χ2v) is 8.12. The van der Waals surface area contributed by atoms with Crippen LogP contribution in [0.15, 0.2) is 43.0 Å². The number of hydrogen-bond donors (Lipinski definition) is 2. The van der Waals surface area contributed by atoms with E-state index in [4.69, 9.17) is 4.74 Å². The topological polar surface area (TPSA) is 87.7 Å². The van der Waals surface area contributed by atoms with Crippen molar-refractivity contribution in [2.24, 2.45) is 0 Å². The van der Waals surface area contributed by atoms with Crippen LogP contribution < -0.4 is 10.6 Å². The van der Waals surface area contributed by atoms with Crippen molar-refractivity contribution in [1.82, 2.24) is 15.5 Å². The summed E-state index contributed by atoms with van der Waals surface area (Å²) in [6.07, 6.45) is 0.858. The van der Waals surface area contributed by atoms with Crippen molar-refractivity contribution in [3.8, 4) is 0 Å². The molecular formula is C22H33N3O4. The van der Waals surface area contributed by atoms with Crippen LogP contribution in [0.1, 0.15) is 53.1 Å². The Bertz CT molecular complexity index is 711. The van der Waals surface area contributed by atoms with Gasteiger partial charge in [-0.15, -0.1) is 6.58 Å². The summed E-state index contributed by atoms with van der Waals surface area (Å²) in [6, 6.07) is 7.21. The molecule has 0 aliphatic carbocycles. The standard InChI is InChI=1S/C22H33N3O4/c1-8-14-25(20(27)16(4)24-21(28)29-22(5,6)7)18(19(26)23-15(2)3)17-12-10-9-11-13-17/h8-13,15-16,18H,1,14H2,2-7H3,(H,23,26)(H,24,28). The Labute approximate surface area is 173 Å². The Morgan fingerprint density at radius 1 is 1.10 bits per heavy atom. The van der Waals surface area contributed by atoms with Crippen LogP contribution in [0.2, 0.25) is 0 Å². The lowest BCUT2D eigenvalue weighted by atomic mass is 10.0. The summed E-state index contributed by atoms with van der Waals surface area (Å²) in [4.78, 5) is 39.6. The molecule has 0 bridgehead atoms. The highest BCUT2D eigenvalue weighted by atomic mass is 16.6. The van der Waals surface area contributed by atoms with Crippen LogP contribution in [-0.2, 0) is 14.3 Å². The zero-order valence-electron chi connectivity index (χ0n) is 18.2. The summed E-state index contributed by atoms with van der Waals surface area (Å²) in [6.45, 7) is 14.3. The number of carbonyl (C=O) groups is 3. The fourth-order valence-corrected chi connectivity index (χ4v) is 2.73. The molecule has 7 nitrogen and oxygen atoms in total. The maximum atomic E-state index is 13.2. The number of hydrogen-bond acceptors (Lipinski definition) is 4. The Balaban J connectivity index is 3.16. The molecule has 1 rings (SSSR count). The molecule has 7 heteroatoms. The minimum Gasteiger partial charge on any atom is -0.444 e. The van der Waals surface area contributed by atoms with E-state index in [1.54, 1.807) is 45.9 Å². The molecule has 2 N–H and O–H groups in total. The van der Waals surface area contributed by atoms with E-state index in [1.807, 2.05) is 32.0 Å². The summed E-state index contributed by atoms with van der Waals surface area (Å²) >= 11 is 0. The summed E-state index contributed by atoms with van der Waals surface area (Å²) < 4.78 is 5.22. The predicted octanol–water partition coefficient (Wildman–Crippen LogP) is 3.18. The number of nitrogens with zero attached hydrogens (tertiary/aromatic N) is 1. The summed E-state index contributed by atoms with van der Waals surface area (Å²) in [5.74, 6) is -0.714. The van der Waals surface area contributed by atoms with Gasteiger partial charge in [0.15, 0.2) is 0 Å². The molecule has 2 atom stereocenters. The Hall–Kier alpha value is -2.83. The molecule has 0 fully saturated rings. The Kier molecular flexibility index (Phi) is 8.88. The van der Waals surface area contributed by atoms with Crippen molar-refractivity contribution in [3.05, 3.63) is 48.6 Å². The molecule has 0 saturated heterocycles. The van der Waals surface area contributed by atoms with Crippen LogP contribution in [0.4, 0.5) is 4.79 Å². The Morgan fingerprint density at radius 3 is 2.17 bits per heavy atom. The third kappa shape index (κ3) is 7.97. The molecule has 0 aliphatic heterocycles. The fourth-order valence-electron chi connectivity index (χ4n) is 2.73. The van der Waals surface area contributed by atoms with Crippen LogP contribution in [0.5, 0.6) is 0 Å². The van der Waals surface area contributed by atoms with Crippen molar-refractivity contribution < 1.29 is 19.1 Å². The molecule has 0 spiro atoms. The quantitative estimate of drug-likeness (QED) is 0.653. The van der Waals surface area contributed by atoms with Gasteiger partial charge in [0, 0.05) is 12.6 Å². The number of carbonyl (C=O) groups excluding carboxylic acids is 3. The third-order valence-electron chi connectivity index (χ3n) is 3.82. The molecule has 0 aromatic heterocycles. The highest BCUT2D eigenvalue weighted by Crippen LogP contribution is 2.22. The number of ether oxygens (including phenoxy) is 1. The van der Waals surface area contributed by atoms with Gasteiger partial charge >= 0.3 is 6.09 Å². The van der Waals surface area contributed by atoms with Gasteiger partial charge in [0.05, 0.1) is 0 Å². The van der Waals surface area contributed by atoms with E-state index in [2.05, 4.69) is 17.2 Å². The van der Waals surface area contributed by atoms with E-state index in [0.29, 0.717) is 5.56 Å². The second-order valence-electron chi connectivity index (χ2n) is 8.12. The van der Waals surface area contributed by atoms with Gasteiger partial charge in [-0.3, -0.25) is 9.59 Å². The van der Waals surface area contributed by atoms with E-state index in [9.17, 15) is 14.4 Å². The van der Waals surface area contributed by atoms with Crippen molar-refractivity contribution in [3.63, 3.8) is 0 Å². The van der Waals surface area contributed by atoms with Crippen molar-refractivity contribution in [2.45, 2.75) is 65.3 Å². The number of amides is 3. The summed E-state index contributed by atoms with van der Waals surface area (Å²) in [7, 11) is 0. The molecule has 2 unspecified atom stereocenters. The predicted molar refractivity (Wildman–Crippen MR) is 113 cm³/mol. The van der Waals surface area contributed by atoms with Crippen LogP contribution in [-0.4, -0.2) is 47.0 Å². The smallest absolute Gasteiger partial charge is 0.408 e.